The van der Waals surface area contributed by atoms with Crippen LogP contribution in [0.15, 0.2) is 72.3 Å². The van der Waals surface area contributed by atoms with Crippen LogP contribution < -0.4 is 14.4 Å². The number of anilines is 1. The van der Waals surface area contributed by atoms with E-state index in [4.69, 9.17) is 21.1 Å². The molecule has 1 fully saturated rings. The Morgan fingerprint density at radius 2 is 1.79 bits per heavy atom. The molecule has 6 nitrogen and oxygen atoms in total. The highest BCUT2D eigenvalue weighted by atomic mass is 35.5. The highest BCUT2D eigenvalue weighted by molar-refractivity contribution is 6.51. The third kappa shape index (κ3) is 4.24. The van der Waals surface area contributed by atoms with E-state index in [2.05, 4.69) is 0 Å². The zero-order valence-corrected chi connectivity index (χ0v) is 19.8. The second-order valence-corrected chi connectivity index (χ2v) is 8.27. The molecular formula is C27H24ClNO5. The third-order valence-electron chi connectivity index (χ3n) is 5.71. The number of aliphatic hydroxyl groups excluding tert-OH is 1. The SMILES string of the molecule is CCOc1cccc(N2C(=O)C(=O)/C(=C(/O)c3ccc(OC)c(C)c3)C2c2ccc(Cl)cc2)c1. The van der Waals surface area contributed by atoms with Crippen molar-refractivity contribution in [1.82, 2.24) is 0 Å². The molecule has 0 aromatic heterocycles. The van der Waals surface area contributed by atoms with Gasteiger partial charge in [-0.3, -0.25) is 14.5 Å². The van der Waals surface area contributed by atoms with Crippen molar-refractivity contribution in [2.75, 3.05) is 18.6 Å². The number of halogens is 1. The molecule has 174 valence electrons. The van der Waals surface area contributed by atoms with Crippen LogP contribution in [0, 0.1) is 6.92 Å². The molecule has 1 aliphatic rings. The summed E-state index contributed by atoms with van der Waals surface area (Å²) in [6.07, 6.45) is 0. The molecular weight excluding hydrogens is 454 g/mol. The molecule has 0 saturated carbocycles. The Hall–Kier alpha value is -3.77. The number of nitrogens with zero attached hydrogens (tertiary/aromatic N) is 1. The highest BCUT2D eigenvalue weighted by Gasteiger charge is 2.47. The van der Waals surface area contributed by atoms with Crippen molar-refractivity contribution in [2.45, 2.75) is 19.9 Å². The largest absolute Gasteiger partial charge is 0.507 e. The maximum atomic E-state index is 13.3. The summed E-state index contributed by atoms with van der Waals surface area (Å²) in [6, 6.07) is 18.1. The number of methoxy groups -OCH3 is 1. The van der Waals surface area contributed by atoms with Crippen LogP contribution in [0.2, 0.25) is 5.02 Å². The summed E-state index contributed by atoms with van der Waals surface area (Å²) in [5.41, 5.74) is 2.32. The fourth-order valence-corrected chi connectivity index (χ4v) is 4.26. The van der Waals surface area contributed by atoms with Gasteiger partial charge in [-0.2, -0.15) is 0 Å². The monoisotopic (exact) mass is 477 g/mol. The molecule has 1 N–H and O–H groups in total. The molecule has 1 unspecified atom stereocenters. The normalized spacial score (nSPS) is 17.2. The van der Waals surface area contributed by atoms with Crippen LogP contribution in [0.25, 0.3) is 5.76 Å². The van der Waals surface area contributed by atoms with Crippen LogP contribution in [0.1, 0.15) is 29.7 Å². The van der Waals surface area contributed by atoms with E-state index in [1.165, 1.54) is 4.90 Å². The number of Topliss-reactive ketones (excluding diaryl/α,β-unsaturated/α-hetero) is 1. The van der Waals surface area contributed by atoms with E-state index in [-0.39, 0.29) is 11.3 Å². The Kier molecular flexibility index (Phi) is 6.61. The number of aryl methyl sites for hydroxylation is 1. The van der Waals surface area contributed by atoms with Crippen molar-refractivity contribution in [3.05, 3.63) is 94.0 Å². The smallest absolute Gasteiger partial charge is 0.300 e. The number of amides is 1. The molecule has 1 saturated heterocycles. The van der Waals surface area contributed by atoms with Gasteiger partial charge in [0.15, 0.2) is 0 Å². The van der Waals surface area contributed by atoms with Crippen molar-refractivity contribution in [2.24, 2.45) is 0 Å². The van der Waals surface area contributed by atoms with E-state index in [0.717, 1.165) is 5.56 Å². The molecule has 1 aliphatic heterocycles. The summed E-state index contributed by atoms with van der Waals surface area (Å²) in [5.74, 6) is -0.540. The van der Waals surface area contributed by atoms with Gasteiger partial charge >= 0.3 is 0 Å². The van der Waals surface area contributed by atoms with Crippen LogP contribution in [-0.2, 0) is 9.59 Å². The molecule has 1 heterocycles. The summed E-state index contributed by atoms with van der Waals surface area (Å²) < 4.78 is 10.9. The van der Waals surface area contributed by atoms with E-state index in [1.54, 1.807) is 73.8 Å². The number of ketones is 1. The second kappa shape index (κ2) is 9.61. The summed E-state index contributed by atoms with van der Waals surface area (Å²) >= 11 is 6.09. The van der Waals surface area contributed by atoms with Gasteiger partial charge in [0.25, 0.3) is 11.7 Å². The van der Waals surface area contributed by atoms with Gasteiger partial charge in [0.1, 0.15) is 17.3 Å². The van der Waals surface area contributed by atoms with Crippen molar-refractivity contribution in [3.63, 3.8) is 0 Å². The van der Waals surface area contributed by atoms with E-state index in [9.17, 15) is 14.7 Å². The number of benzene rings is 3. The Morgan fingerprint density at radius 1 is 1.06 bits per heavy atom. The fraction of sp³-hybridized carbons (Fsp3) is 0.185. The molecule has 0 aliphatic carbocycles. The van der Waals surface area contributed by atoms with Gasteiger partial charge in [-0.25, -0.2) is 0 Å². The van der Waals surface area contributed by atoms with Crippen molar-refractivity contribution in [1.29, 1.82) is 0 Å². The van der Waals surface area contributed by atoms with E-state index in [0.29, 0.717) is 39.9 Å². The Morgan fingerprint density at radius 3 is 2.44 bits per heavy atom. The zero-order valence-electron chi connectivity index (χ0n) is 19.0. The number of rotatable bonds is 6. The van der Waals surface area contributed by atoms with Crippen LogP contribution in [-0.4, -0.2) is 30.5 Å². The van der Waals surface area contributed by atoms with Gasteiger partial charge in [0.2, 0.25) is 0 Å². The lowest BCUT2D eigenvalue weighted by molar-refractivity contribution is -0.132. The quantitative estimate of drug-likeness (QED) is 0.281. The number of aliphatic hydroxyl groups is 1. The minimum Gasteiger partial charge on any atom is -0.507 e. The average Bonchev–Trinajstić information content (AvgIpc) is 3.10. The lowest BCUT2D eigenvalue weighted by Crippen LogP contribution is -2.29. The molecule has 1 amide bonds. The summed E-state index contributed by atoms with van der Waals surface area (Å²) in [6.45, 7) is 4.16. The van der Waals surface area contributed by atoms with Gasteiger partial charge < -0.3 is 14.6 Å². The standard InChI is InChI=1S/C27H24ClNO5/c1-4-34-21-7-5-6-20(15-21)29-24(17-8-11-19(28)12-9-17)23(26(31)27(29)32)25(30)18-10-13-22(33-3)16(2)14-18/h5-15,24,30H,4H2,1-3H3/b25-23+. The van der Waals surface area contributed by atoms with E-state index < -0.39 is 17.7 Å². The minimum atomic E-state index is -0.850. The molecule has 0 bridgehead atoms. The predicted molar refractivity (Wildman–Crippen MR) is 132 cm³/mol. The van der Waals surface area contributed by atoms with Crippen molar-refractivity contribution >= 4 is 34.7 Å². The first kappa shape index (κ1) is 23.4. The number of ether oxygens (including phenoxy) is 2. The topological polar surface area (TPSA) is 76.1 Å². The molecule has 4 rings (SSSR count). The Balaban J connectivity index is 1.92. The molecule has 34 heavy (non-hydrogen) atoms. The molecule has 3 aromatic rings. The fourth-order valence-electron chi connectivity index (χ4n) is 4.13. The third-order valence-corrected chi connectivity index (χ3v) is 5.96. The van der Waals surface area contributed by atoms with Gasteiger partial charge in [-0.1, -0.05) is 29.8 Å². The maximum absolute atomic E-state index is 13.3. The Bertz CT molecular complexity index is 1280. The molecule has 0 spiro atoms. The van der Waals surface area contributed by atoms with Crippen LogP contribution in [0.3, 0.4) is 0 Å². The van der Waals surface area contributed by atoms with E-state index >= 15 is 0 Å². The average molecular weight is 478 g/mol. The lowest BCUT2D eigenvalue weighted by Gasteiger charge is -2.26. The zero-order chi connectivity index (χ0) is 24.4. The summed E-state index contributed by atoms with van der Waals surface area (Å²) in [4.78, 5) is 28.0. The van der Waals surface area contributed by atoms with Crippen LogP contribution in [0.5, 0.6) is 11.5 Å². The van der Waals surface area contributed by atoms with Gasteiger partial charge in [0.05, 0.1) is 25.3 Å². The minimum absolute atomic E-state index is 0.00120. The van der Waals surface area contributed by atoms with Crippen LogP contribution in [0.4, 0.5) is 5.69 Å². The second-order valence-electron chi connectivity index (χ2n) is 7.84. The van der Waals surface area contributed by atoms with Crippen molar-refractivity contribution in [3.8, 4) is 11.5 Å². The van der Waals surface area contributed by atoms with Gasteiger partial charge in [0, 0.05) is 22.3 Å². The highest BCUT2D eigenvalue weighted by Crippen LogP contribution is 2.43. The first-order valence-electron chi connectivity index (χ1n) is 10.8. The molecule has 1 atom stereocenters. The Labute approximate surface area is 203 Å². The first-order valence-corrected chi connectivity index (χ1v) is 11.2. The van der Waals surface area contributed by atoms with Crippen LogP contribution >= 0.6 is 11.6 Å². The lowest BCUT2D eigenvalue weighted by atomic mass is 9.94. The summed E-state index contributed by atoms with van der Waals surface area (Å²) in [5, 5.41) is 11.8. The van der Waals surface area contributed by atoms with E-state index in [1.807, 2.05) is 13.8 Å². The van der Waals surface area contributed by atoms with Gasteiger partial charge in [-0.05, 0) is 67.4 Å². The predicted octanol–water partition coefficient (Wildman–Crippen LogP) is 5.68. The number of carbonyl (C=O) groups excluding carboxylic acids is 2. The molecule has 3 aromatic carbocycles. The van der Waals surface area contributed by atoms with Gasteiger partial charge in [-0.15, -0.1) is 0 Å². The number of carbonyl (C=O) groups is 2. The van der Waals surface area contributed by atoms with Crippen molar-refractivity contribution < 1.29 is 24.2 Å². The number of hydrogen-bond acceptors (Lipinski definition) is 5. The molecule has 0 radical (unpaired) electrons. The summed E-state index contributed by atoms with van der Waals surface area (Å²) in [7, 11) is 1.56. The molecule has 7 heteroatoms. The maximum Gasteiger partial charge on any atom is 0.300 e. The number of hydrogen-bond donors (Lipinski definition) is 1. The first-order chi connectivity index (χ1) is 16.3.